The molecule has 1 aliphatic rings. The number of rotatable bonds is 5. The number of aryl methyl sites for hydroxylation is 1. The Kier molecular flexibility index (Phi) is 5.20. The molecule has 1 aromatic rings. The predicted molar refractivity (Wildman–Crippen MR) is 81.6 cm³/mol. The molecule has 1 saturated heterocycles. The molecule has 0 radical (unpaired) electrons. The van der Waals surface area contributed by atoms with Crippen molar-refractivity contribution in [3.63, 3.8) is 0 Å². The van der Waals surface area contributed by atoms with Gasteiger partial charge in [0.05, 0.1) is 0 Å². The van der Waals surface area contributed by atoms with Crippen molar-refractivity contribution in [3.05, 3.63) is 23.9 Å². The number of nitrogens with zero attached hydrogens (tertiary/aromatic N) is 2. The summed E-state index contributed by atoms with van der Waals surface area (Å²) in [5, 5.41) is 3.58. The molecule has 0 unspecified atom stereocenters. The van der Waals surface area contributed by atoms with Crippen molar-refractivity contribution in [1.29, 1.82) is 0 Å². The van der Waals surface area contributed by atoms with Gasteiger partial charge in [-0.3, -0.25) is 0 Å². The van der Waals surface area contributed by atoms with Crippen LogP contribution in [0.4, 0.5) is 5.82 Å². The van der Waals surface area contributed by atoms with E-state index in [-0.39, 0.29) is 0 Å². The molecule has 1 N–H and O–H groups in total. The average Bonchev–Trinajstić information content (AvgIpc) is 2.39. The van der Waals surface area contributed by atoms with Crippen LogP contribution in [-0.4, -0.2) is 31.2 Å². The molecule has 2 heterocycles. The second-order valence-corrected chi connectivity index (χ2v) is 6.17. The Bertz CT molecular complexity index is 381. The first kappa shape index (κ1) is 14.3. The first-order chi connectivity index (χ1) is 9.15. The van der Waals surface area contributed by atoms with E-state index in [9.17, 15) is 0 Å². The van der Waals surface area contributed by atoms with E-state index in [0.29, 0.717) is 0 Å². The highest BCUT2D eigenvalue weighted by atomic mass is 15.2. The van der Waals surface area contributed by atoms with Crippen LogP contribution in [0, 0.1) is 18.8 Å². The van der Waals surface area contributed by atoms with Gasteiger partial charge in [-0.05, 0) is 62.4 Å². The van der Waals surface area contributed by atoms with Crippen LogP contribution in [0.1, 0.15) is 32.3 Å². The Hall–Kier alpha value is -1.09. The van der Waals surface area contributed by atoms with Gasteiger partial charge in [-0.15, -0.1) is 0 Å². The van der Waals surface area contributed by atoms with Gasteiger partial charge in [0.15, 0.2) is 0 Å². The lowest BCUT2D eigenvalue weighted by atomic mass is 9.96. The fourth-order valence-electron chi connectivity index (χ4n) is 2.64. The molecule has 0 aromatic carbocycles. The zero-order valence-electron chi connectivity index (χ0n) is 12.5. The molecule has 0 spiro atoms. The van der Waals surface area contributed by atoms with Crippen LogP contribution < -0.4 is 10.2 Å². The third-order valence-electron chi connectivity index (χ3n) is 3.83. The fraction of sp³-hybridized carbons (Fsp3) is 0.688. The smallest absolute Gasteiger partial charge is 0.128 e. The SMILES string of the molecule is Cc1ccnc(N2CCC(CNCC(C)C)CC2)c1. The van der Waals surface area contributed by atoms with Crippen molar-refractivity contribution in [2.75, 3.05) is 31.1 Å². The van der Waals surface area contributed by atoms with Crippen LogP contribution in [0.25, 0.3) is 0 Å². The Balaban J connectivity index is 1.76. The molecular formula is C16H27N3. The number of piperidine rings is 1. The molecule has 0 amide bonds. The average molecular weight is 261 g/mol. The van der Waals surface area contributed by atoms with Gasteiger partial charge >= 0.3 is 0 Å². The van der Waals surface area contributed by atoms with E-state index in [2.05, 4.69) is 48.1 Å². The Morgan fingerprint density at radius 1 is 1.37 bits per heavy atom. The topological polar surface area (TPSA) is 28.2 Å². The van der Waals surface area contributed by atoms with Crippen LogP contribution >= 0.6 is 0 Å². The summed E-state index contributed by atoms with van der Waals surface area (Å²) in [4.78, 5) is 6.91. The number of nitrogens with one attached hydrogen (secondary N) is 1. The summed E-state index contributed by atoms with van der Waals surface area (Å²) >= 11 is 0. The van der Waals surface area contributed by atoms with Crippen molar-refractivity contribution >= 4 is 5.82 Å². The monoisotopic (exact) mass is 261 g/mol. The number of hydrogen-bond donors (Lipinski definition) is 1. The van der Waals surface area contributed by atoms with Crippen molar-refractivity contribution in [1.82, 2.24) is 10.3 Å². The second kappa shape index (κ2) is 6.90. The van der Waals surface area contributed by atoms with E-state index in [1.807, 2.05) is 6.20 Å². The molecule has 1 aromatic heterocycles. The quantitative estimate of drug-likeness (QED) is 0.883. The Morgan fingerprint density at radius 3 is 2.74 bits per heavy atom. The molecule has 0 saturated carbocycles. The van der Waals surface area contributed by atoms with Gasteiger partial charge < -0.3 is 10.2 Å². The van der Waals surface area contributed by atoms with Crippen LogP contribution in [0.2, 0.25) is 0 Å². The van der Waals surface area contributed by atoms with E-state index >= 15 is 0 Å². The minimum atomic E-state index is 0.747. The molecule has 19 heavy (non-hydrogen) atoms. The minimum absolute atomic E-state index is 0.747. The fourth-order valence-corrected chi connectivity index (χ4v) is 2.64. The molecular weight excluding hydrogens is 234 g/mol. The number of pyridine rings is 1. The third kappa shape index (κ3) is 4.50. The maximum absolute atomic E-state index is 4.48. The van der Waals surface area contributed by atoms with Gasteiger partial charge in [0.2, 0.25) is 0 Å². The van der Waals surface area contributed by atoms with Crippen molar-refractivity contribution in [2.45, 2.75) is 33.6 Å². The van der Waals surface area contributed by atoms with E-state index in [1.54, 1.807) is 0 Å². The minimum Gasteiger partial charge on any atom is -0.357 e. The molecule has 0 bridgehead atoms. The van der Waals surface area contributed by atoms with Gasteiger partial charge in [0.1, 0.15) is 5.82 Å². The summed E-state index contributed by atoms with van der Waals surface area (Å²) in [6, 6.07) is 4.25. The highest BCUT2D eigenvalue weighted by Gasteiger charge is 2.19. The maximum Gasteiger partial charge on any atom is 0.128 e. The van der Waals surface area contributed by atoms with Gasteiger partial charge in [-0.2, -0.15) is 0 Å². The number of anilines is 1. The second-order valence-electron chi connectivity index (χ2n) is 6.17. The zero-order chi connectivity index (χ0) is 13.7. The van der Waals surface area contributed by atoms with E-state index in [4.69, 9.17) is 0 Å². The molecule has 3 heteroatoms. The summed E-state index contributed by atoms with van der Waals surface area (Å²) in [6.45, 7) is 11.3. The summed E-state index contributed by atoms with van der Waals surface area (Å²) < 4.78 is 0. The van der Waals surface area contributed by atoms with Crippen LogP contribution in [0.15, 0.2) is 18.3 Å². The van der Waals surface area contributed by atoms with Crippen molar-refractivity contribution in [2.24, 2.45) is 11.8 Å². The molecule has 0 atom stereocenters. The summed E-state index contributed by atoms with van der Waals surface area (Å²) in [5.41, 5.74) is 1.30. The highest BCUT2D eigenvalue weighted by Crippen LogP contribution is 2.21. The summed E-state index contributed by atoms with van der Waals surface area (Å²) in [5.74, 6) is 2.73. The van der Waals surface area contributed by atoms with Crippen molar-refractivity contribution in [3.8, 4) is 0 Å². The first-order valence-electron chi connectivity index (χ1n) is 7.53. The van der Waals surface area contributed by atoms with Gasteiger partial charge in [0, 0.05) is 19.3 Å². The lowest BCUT2D eigenvalue weighted by Crippen LogP contribution is -2.38. The summed E-state index contributed by atoms with van der Waals surface area (Å²) in [6.07, 6.45) is 4.47. The van der Waals surface area contributed by atoms with Gasteiger partial charge in [-0.1, -0.05) is 13.8 Å². The molecule has 1 fully saturated rings. The van der Waals surface area contributed by atoms with Crippen LogP contribution in [0.3, 0.4) is 0 Å². The van der Waals surface area contributed by atoms with E-state index in [1.165, 1.54) is 24.9 Å². The standard InChI is InChI=1S/C16H27N3/c1-13(2)11-17-12-15-5-8-19(9-6-15)16-10-14(3)4-7-18-16/h4,7,10,13,15,17H,5-6,8-9,11-12H2,1-3H3. The van der Waals surface area contributed by atoms with Gasteiger partial charge in [0.25, 0.3) is 0 Å². The Labute approximate surface area is 117 Å². The lowest BCUT2D eigenvalue weighted by molar-refractivity contribution is 0.373. The highest BCUT2D eigenvalue weighted by molar-refractivity contribution is 5.40. The van der Waals surface area contributed by atoms with Crippen molar-refractivity contribution < 1.29 is 0 Å². The molecule has 2 rings (SSSR count). The molecule has 3 nitrogen and oxygen atoms in total. The molecule has 1 aliphatic heterocycles. The zero-order valence-corrected chi connectivity index (χ0v) is 12.5. The predicted octanol–water partition coefficient (Wildman–Crippen LogP) is 2.85. The van der Waals surface area contributed by atoms with E-state index < -0.39 is 0 Å². The first-order valence-corrected chi connectivity index (χ1v) is 7.53. The third-order valence-corrected chi connectivity index (χ3v) is 3.83. The maximum atomic E-state index is 4.48. The molecule has 106 valence electrons. The molecule has 0 aliphatic carbocycles. The van der Waals surface area contributed by atoms with E-state index in [0.717, 1.165) is 37.3 Å². The number of hydrogen-bond acceptors (Lipinski definition) is 3. The lowest BCUT2D eigenvalue weighted by Gasteiger charge is -2.33. The normalized spacial score (nSPS) is 17.2. The van der Waals surface area contributed by atoms with Crippen LogP contribution in [0.5, 0.6) is 0 Å². The van der Waals surface area contributed by atoms with Gasteiger partial charge in [-0.25, -0.2) is 4.98 Å². The number of aromatic nitrogens is 1. The summed E-state index contributed by atoms with van der Waals surface area (Å²) in [7, 11) is 0. The van der Waals surface area contributed by atoms with Crippen LogP contribution in [-0.2, 0) is 0 Å². The Morgan fingerprint density at radius 2 is 2.11 bits per heavy atom. The largest absolute Gasteiger partial charge is 0.357 e.